The van der Waals surface area contributed by atoms with Crippen molar-refractivity contribution in [3.63, 3.8) is 0 Å². The Bertz CT molecular complexity index is 806. The van der Waals surface area contributed by atoms with Crippen LogP contribution in [0.4, 0.5) is 5.69 Å². The van der Waals surface area contributed by atoms with E-state index in [1.54, 1.807) is 18.2 Å². The summed E-state index contributed by atoms with van der Waals surface area (Å²) in [6.07, 6.45) is 3.69. The minimum Gasteiger partial charge on any atom is -0.360 e. The normalized spacial score (nSPS) is 14.0. The number of hydrogen-bond donors (Lipinski definition) is 1. The molecule has 110 valence electrons. The molecular formula is C14H12N6O2. The quantitative estimate of drug-likeness (QED) is 0.788. The van der Waals surface area contributed by atoms with E-state index in [4.69, 9.17) is 4.52 Å². The third kappa shape index (κ3) is 2.46. The van der Waals surface area contributed by atoms with E-state index in [0.29, 0.717) is 11.6 Å². The van der Waals surface area contributed by atoms with E-state index in [0.717, 1.165) is 24.3 Å². The fraction of sp³-hybridized carbons (Fsp3) is 0.214. The van der Waals surface area contributed by atoms with Crippen molar-refractivity contribution in [1.82, 2.24) is 25.4 Å². The van der Waals surface area contributed by atoms with Crippen molar-refractivity contribution in [2.45, 2.75) is 18.8 Å². The zero-order chi connectivity index (χ0) is 14.9. The number of amides is 1. The second-order valence-electron chi connectivity index (χ2n) is 5.15. The Morgan fingerprint density at radius 2 is 2.23 bits per heavy atom. The van der Waals surface area contributed by atoms with Gasteiger partial charge in [0, 0.05) is 17.7 Å². The summed E-state index contributed by atoms with van der Waals surface area (Å²) in [5, 5.41) is 17.6. The van der Waals surface area contributed by atoms with Crippen molar-refractivity contribution in [3.8, 4) is 5.69 Å². The predicted molar refractivity (Wildman–Crippen MR) is 75.6 cm³/mol. The Balaban J connectivity index is 1.52. The second-order valence-corrected chi connectivity index (χ2v) is 5.15. The van der Waals surface area contributed by atoms with Gasteiger partial charge in [-0.05, 0) is 41.5 Å². The van der Waals surface area contributed by atoms with Gasteiger partial charge in [-0.3, -0.25) is 4.79 Å². The van der Waals surface area contributed by atoms with Gasteiger partial charge in [-0.2, -0.15) is 0 Å². The third-order valence-corrected chi connectivity index (χ3v) is 3.46. The molecule has 1 aliphatic carbocycles. The van der Waals surface area contributed by atoms with E-state index in [9.17, 15) is 4.79 Å². The lowest BCUT2D eigenvalue weighted by molar-refractivity contribution is 0.101. The van der Waals surface area contributed by atoms with Crippen LogP contribution in [0.2, 0.25) is 0 Å². The summed E-state index contributed by atoms with van der Waals surface area (Å²) in [5.41, 5.74) is 1.67. The van der Waals surface area contributed by atoms with Gasteiger partial charge in [0.25, 0.3) is 5.91 Å². The largest absolute Gasteiger partial charge is 0.360 e. The molecule has 8 nitrogen and oxygen atoms in total. The minimum atomic E-state index is -0.301. The third-order valence-electron chi connectivity index (χ3n) is 3.46. The highest BCUT2D eigenvalue weighted by molar-refractivity contribution is 6.02. The van der Waals surface area contributed by atoms with Crippen LogP contribution in [0.15, 0.2) is 41.2 Å². The Kier molecular flexibility index (Phi) is 2.92. The van der Waals surface area contributed by atoms with Gasteiger partial charge in [-0.25, -0.2) is 4.68 Å². The molecule has 1 N–H and O–H groups in total. The number of nitrogens with one attached hydrogen (secondary N) is 1. The molecule has 0 unspecified atom stereocenters. The summed E-state index contributed by atoms with van der Waals surface area (Å²) < 4.78 is 6.70. The van der Waals surface area contributed by atoms with Gasteiger partial charge in [0.2, 0.25) is 0 Å². The number of anilines is 1. The maximum Gasteiger partial charge on any atom is 0.277 e. The van der Waals surface area contributed by atoms with Crippen LogP contribution in [0.1, 0.15) is 35.0 Å². The molecule has 0 aliphatic heterocycles. The summed E-state index contributed by atoms with van der Waals surface area (Å²) in [7, 11) is 0. The number of tetrazole rings is 1. The molecule has 1 saturated carbocycles. The van der Waals surface area contributed by atoms with E-state index in [2.05, 4.69) is 26.0 Å². The van der Waals surface area contributed by atoms with Crippen LogP contribution < -0.4 is 5.32 Å². The van der Waals surface area contributed by atoms with Crippen LogP contribution in [0.3, 0.4) is 0 Å². The van der Waals surface area contributed by atoms with E-state index < -0.39 is 0 Å². The highest BCUT2D eigenvalue weighted by atomic mass is 16.5. The average Bonchev–Trinajstić information content (AvgIpc) is 3.06. The molecule has 0 atom stereocenters. The first-order valence-electron chi connectivity index (χ1n) is 6.91. The SMILES string of the molecule is O=C(Nc1cccc(-n2cnnn2)c1)c1cc(C2CC2)on1. The van der Waals surface area contributed by atoms with Crippen molar-refractivity contribution in [2.24, 2.45) is 0 Å². The molecule has 0 bridgehead atoms. The Morgan fingerprint density at radius 3 is 3.00 bits per heavy atom. The first-order chi connectivity index (χ1) is 10.8. The van der Waals surface area contributed by atoms with Crippen LogP contribution in [-0.2, 0) is 0 Å². The zero-order valence-corrected chi connectivity index (χ0v) is 11.5. The molecule has 22 heavy (non-hydrogen) atoms. The number of carbonyl (C=O) groups is 1. The number of rotatable bonds is 4. The summed E-state index contributed by atoms with van der Waals surface area (Å²) in [6.45, 7) is 0. The fourth-order valence-corrected chi connectivity index (χ4v) is 2.16. The highest BCUT2D eigenvalue weighted by Gasteiger charge is 2.28. The summed E-state index contributed by atoms with van der Waals surface area (Å²) in [6, 6.07) is 8.92. The zero-order valence-electron chi connectivity index (χ0n) is 11.5. The number of benzene rings is 1. The number of carbonyl (C=O) groups excluding carboxylic acids is 1. The Morgan fingerprint density at radius 1 is 1.32 bits per heavy atom. The maximum absolute atomic E-state index is 12.2. The maximum atomic E-state index is 12.2. The van der Waals surface area contributed by atoms with E-state index >= 15 is 0 Å². The first kappa shape index (κ1) is 12.7. The Labute approximate surface area is 125 Å². The van der Waals surface area contributed by atoms with Crippen LogP contribution in [-0.4, -0.2) is 31.3 Å². The van der Waals surface area contributed by atoms with Gasteiger partial charge in [0.1, 0.15) is 12.1 Å². The van der Waals surface area contributed by atoms with E-state index in [-0.39, 0.29) is 11.6 Å². The van der Waals surface area contributed by atoms with Gasteiger partial charge >= 0.3 is 0 Å². The molecule has 1 amide bonds. The molecule has 2 heterocycles. The average molecular weight is 296 g/mol. The van der Waals surface area contributed by atoms with Crippen molar-refractivity contribution < 1.29 is 9.32 Å². The van der Waals surface area contributed by atoms with Crippen LogP contribution in [0, 0.1) is 0 Å². The van der Waals surface area contributed by atoms with Gasteiger partial charge in [0.05, 0.1) is 5.69 Å². The number of hydrogen-bond acceptors (Lipinski definition) is 6. The molecule has 8 heteroatoms. The number of nitrogens with zero attached hydrogens (tertiary/aromatic N) is 5. The minimum absolute atomic E-state index is 0.287. The van der Waals surface area contributed by atoms with Crippen molar-refractivity contribution in [1.29, 1.82) is 0 Å². The van der Waals surface area contributed by atoms with Crippen molar-refractivity contribution in [3.05, 3.63) is 48.1 Å². The summed E-state index contributed by atoms with van der Waals surface area (Å²) in [5.74, 6) is 0.911. The lowest BCUT2D eigenvalue weighted by atomic mass is 10.2. The van der Waals surface area contributed by atoms with E-state index in [1.165, 1.54) is 11.0 Å². The molecule has 1 aliphatic rings. The van der Waals surface area contributed by atoms with Crippen LogP contribution in [0.5, 0.6) is 0 Å². The highest BCUT2D eigenvalue weighted by Crippen LogP contribution is 2.40. The van der Waals surface area contributed by atoms with Gasteiger partial charge in [0.15, 0.2) is 5.69 Å². The van der Waals surface area contributed by atoms with E-state index in [1.807, 2.05) is 12.1 Å². The van der Waals surface area contributed by atoms with Gasteiger partial charge in [-0.1, -0.05) is 11.2 Å². The molecule has 1 aromatic carbocycles. The fourth-order valence-electron chi connectivity index (χ4n) is 2.16. The molecule has 0 saturated heterocycles. The van der Waals surface area contributed by atoms with Crippen LogP contribution in [0.25, 0.3) is 5.69 Å². The summed E-state index contributed by atoms with van der Waals surface area (Å²) in [4.78, 5) is 12.2. The summed E-state index contributed by atoms with van der Waals surface area (Å²) >= 11 is 0. The standard InChI is InChI=1S/C14H12N6O2/c21-14(12-7-13(22-17-12)9-4-5-9)16-10-2-1-3-11(6-10)20-8-15-18-19-20/h1-3,6-9H,4-5H2,(H,16,21). The monoisotopic (exact) mass is 296 g/mol. The lowest BCUT2D eigenvalue weighted by Crippen LogP contribution is -2.12. The molecule has 3 aromatic rings. The predicted octanol–water partition coefficient (Wildman–Crippen LogP) is 1.78. The topological polar surface area (TPSA) is 98.7 Å². The lowest BCUT2D eigenvalue weighted by Gasteiger charge is -2.05. The smallest absolute Gasteiger partial charge is 0.277 e. The second kappa shape index (κ2) is 5.06. The molecule has 2 aromatic heterocycles. The number of aromatic nitrogens is 5. The Hall–Kier alpha value is -3.03. The molecule has 4 rings (SSSR count). The first-order valence-corrected chi connectivity index (χ1v) is 6.91. The van der Waals surface area contributed by atoms with Crippen molar-refractivity contribution >= 4 is 11.6 Å². The molecule has 0 spiro atoms. The van der Waals surface area contributed by atoms with Crippen LogP contribution >= 0.6 is 0 Å². The van der Waals surface area contributed by atoms with Crippen molar-refractivity contribution in [2.75, 3.05) is 5.32 Å². The molecule has 1 fully saturated rings. The molecule has 0 radical (unpaired) electrons. The molecular weight excluding hydrogens is 284 g/mol. The van der Waals surface area contributed by atoms with Gasteiger partial charge < -0.3 is 9.84 Å². The van der Waals surface area contributed by atoms with Gasteiger partial charge in [-0.15, -0.1) is 5.10 Å².